The summed E-state index contributed by atoms with van der Waals surface area (Å²) < 4.78 is 2.47. The lowest BCUT2D eigenvalue weighted by Crippen LogP contribution is -2.33. The van der Waals surface area contributed by atoms with Crippen LogP contribution < -0.4 is 0 Å². The molecule has 1 atom stereocenters. The number of nitrogens with zero attached hydrogens (tertiary/aromatic N) is 2. The number of hydrogen-bond donors (Lipinski definition) is 0. The molecule has 0 N–H and O–H groups in total. The summed E-state index contributed by atoms with van der Waals surface area (Å²) in [7, 11) is 2.20. The first-order valence-corrected chi connectivity index (χ1v) is 6.59. The summed E-state index contributed by atoms with van der Waals surface area (Å²) in [5.41, 5.74) is 2.82. The topological polar surface area (TPSA) is 8.17 Å². The van der Waals surface area contributed by atoms with E-state index in [1.807, 2.05) is 11.3 Å². The summed E-state index contributed by atoms with van der Waals surface area (Å²) in [5.74, 6) is 0. The average molecular weight is 232 g/mol. The van der Waals surface area contributed by atoms with Gasteiger partial charge in [-0.3, -0.25) is 4.90 Å². The zero-order valence-electron chi connectivity index (χ0n) is 9.68. The van der Waals surface area contributed by atoms with E-state index in [4.69, 9.17) is 0 Å². The van der Waals surface area contributed by atoms with Crippen LogP contribution in [-0.4, -0.2) is 23.1 Å². The Labute approximate surface area is 100 Å². The molecule has 1 aliphatic heterocycles. The van der Waals surface area contributed by atoms with Gasteiger partial charge in [-0.05, 0) is 37.6 Å². The maximum Gasteiger partial charge on any atom is 0.0584 e. The summed E-state index contributed by atoms with van der Waals surface area (Å²) in [4.78, 5) is 3.79. The van der Waals surface area contributed by atoms with Crippen molar-refractivity contribution >= 4 is 11.3 Å². The van der Waals surface area contributed by atoms with Crippen LogP contribution in [-0.2, 0) is 6.54 Å². The first-order valence-electron chi connectivity index (χ1n) is 5.71. The molecule has 0 saturated carbocycles. The van der Waals surface area contributed by atoms with Crippen LogP contribution in [0.1, 0.15) is 18.7 Å². The quantitative estimate of drug-likeness (QED) is 0.733. The Bertz CT molecular complexity index is 484. The smallest absolute Gasteiger partial charge is 0.0584 e. The standard InChI is InChI=1S/C13H16N2S/c1-10-11-5-6-12(13-4-3-9-16-13)15(11)8-7-14(10)2/h3-6,9-10H,7-8H2,1-2H3. The molecule has 0 fully saturated rings. The maximum atomic E-state index is 2.47. The number of thiophene rings is 1. The van der Waals surface area contributed by atoms with Gasteiger partial charge in [0.05, 0.1) is 10.6 Å². The van der Waals surface area contributed by atoms with Gasteiger partial charge in [0.25, 0.3) is 0 Å². The molecule has 0 amide bonds. The van der Waals surface area contributed by atoms with Crippen molar-refractivity contribution in [2.24, 2.45) is 0 Å². The molecule has 3 heterocycles. The summed E-state index contributed by atoms with van der Waals surface area (Å²) in [6, 6.07) is 9.39. The van der Waals surface area contributed by atoms with Crippen LogP contribution >= 0.6 is 11.3 Å². The molecule has 16 heavy (non-hydrogen) atoms. The molecular weight excluding hydrogens is 216 g/mol. The molecule has 0 radical (unpaired) electrons. The van der Waals surface area contributed by atoms with Crippen LogP contribution in [0.4, 0.5) is 0 Å². The van der Waals surface area contributed by atoms with E-state index >= 15 is 0 Å². The number of rotatable bonds is 1. The van der Waals surface area contributed by atoms with Crippen LogP contribution in [0.2, 0.25) is 0 Å². The van der Waals surface area contributed by atoms with E-state index < -0.39 is 0 Å². The normalized spacial score (nSPS) is 21.0. The summed E-state index contributed by atoms with van der Waals surface area (Å²) in [6.07, 6.45) is 0. The predicted molar refractivity (Wildman–Crippen MR) is 68.8 cm³/mol. The van der Waals surface area contributed by atoms with Gasteiger partial charge in [0, 0.05) is 24.8 Å². The lowest BCUT2D eigenvalue weighted by atomic mass is 10.2. The first-order chi connectivity index (χ1) is 7.77. The van der Waals surface area contributed by atoms with Crippen molar-refractivity contribution in [3.63, 3.8) is 0 Å². The number of hydrogen-bond acceptors (Lipinski definition) is 2. The molecule has 0 saturated heterocycles. The maximum absolute atomic E-state index is 2.47. The van der Waals surface area contributed by atoms with Crippen molar-refractivity contribution in [3.05, 3.63) is 35.3 Å². The lowest BCUT2D eigenvalue weighted by Gasteiger charge is -2.32. The van der Waals surface area contributed by atoms with E-state index in [0.717, 1.165) is 13.1 Å². The molecule has 1 aliphatic rings. The summed E-state index contributed by atoms with van der Waals surface area (Å²) >= 11 is 1.82. The zero-order chi connectivity index (χ0) is 11.1. The molecule has 0 spiro atoms. The molecule has 0 aromatic carbocycles. The minimum atomic E-state index is 0.530. The van der Waals surface area contributed by atoms with E-state index in [1.165, 1.54) is 16.3 Å². The van der Waals surface area contributed by atoms with Crippen LogP contribution in [0.25, 0.3) is 10.6 Å². The highest BCUT2D eigenvalue weighted by atomic mass is 32.1. The van der Waals surface area contributed by atoms with Crippen LogP contribution in [0.15, 0.2) is 29.6 Å². The van der Waals surface area contributed by atoms with Crippen LogP contribution in [0.3, 0.4) is 0 Å². The summed E-state index contributed by atoms with van der Waals surface area (Å²) in [5, 5.41) is 2.15. The third kappa shape index (κ3) is 1.43. The number of aromatic nitrogens is 1. The molecular formula is C13H16N2S. The van der Waals surface area contributed by atoms with Gasteiger partial charge in [-0.25, -0.2) is 0 Å². The summed E-state index contributed by atoms with van der Waals surface area (Å²) in [6.45, 7) is 4.53. The molecule has 2 aromatic rings. The van der Waals surface area contributed by atoms with Crippen LogP contribution in [0, 0.1) is 0 Å². The molecule has 0 aliphatic carbocycles. The second-order valence-corrected chi connectivity index (χ2v) is 5.38. The van der Waals surface area contributed by atoms with Crippen molar-refractivity contribution in [2.75, 3.05) is 13.6 Å². The SMILES string of the molecule is CC1c2ccc(-c3cccs3)n2CCN1C. The Hall–Kier alpha value is -1.06. The van der Waals surface area contributed by atoms with E-state index in [9.17, 15) is 0 Å². The minimum absolute atomic E-state index is 0.530. The Morgan fingerprint density at radius 1 is 1.25 bits per heavy atom. The van der Waals surface area contributed by atoms with Crippen molar-refractivity contribution in [1.29, 1.82) is 0 Å². The third-order valence-electron chi connectivity index (χ3n) is 3.55. The molecule has 84 valence electrons. The van der Waals surface area contributed by atoms with E-state index in [1.54, 1.807) is 0 Å². The first kappa shape index (κ1) is 10.1. The Balaban J connectivity index is 2.08. The van der Waals surface area contributed by atoms with Gasteiger partial charge >= 0.3 is 0 Å². The zero-order valence-corrected chi connectivity index (χ0v) is 10.5. The molecule has 3 heteroatoms. The van der Waals surface area contributed by atoms with Crippen molar-refractivity contribution in [2.45, 2.75) is 19.5 Å². The monoisotopic (exact) mass is 232 g/mol. The van der Waals surface area contributed by atoms with Gasteiger partial charge in [-0.15, -0.1) is 11.3 Å². The minimum Gasteiger partial charge on any atom is -0.341 e. The van der Waals surface area contributed by atoms with E-state index in [0.29, 0.717) is 6.04 Å². The fourth-order valence-corrected chi connectivity index (χ4v) is 3.17. The van der Waals surface area contributed by atoms with Gasteiger partial charge < -0.3 is 4.57 Å². The van der Waals surface area contributed by atoms with Gasteiger partial charge in [0.2, 0.25) is 0 Å². The average Bonchev–Trinajstić information content (AvgIpc) is 2.91. The lowest BCUT2D eigenvalue weighted by molar-refractivity contribution is 0.212. The number of fused-ring (bicyclic) bond motifs is 1. The van der Waals surface area contributed by atoms with Gasteiger partial charge in [0.1, 0.15) is 0 Å². The fourth-order valence-electron chi connectivity index (χ4n) is 2.41. The molecule has 0 bridgehead atoms. The largest absolute Gasteiger partial charge is 0.341 e. The molecule has 3 rings (SSSR count). The van der Waals surface area contributed by atoms with Gasteiger partial charge in [-0.1, -0.05) is 6.07 Å². The van der Waals surface area contributed by atoms with Gasteiger partial charge in [-0.2, -0.15) is 0 Å². The second-order valence-electron chi connectivity index (χ2n) is 4.43. The second kappa shape index (κ2) is 3.75. The highest BCUT2D eigenvalue weighted by Crippen LogP contribution is 2.32. The van der Waals surface area contributed by atoms with Crippen molar-refractivity contribution < 1.29 is 0 Å². The predicted octanol–water partition coefficient (Wildman–Crippen LogP) is 3.22. The fraction of sp³-hybridized carbons (Fsp3) is 0.385. The highest BCUT2D eigenvalue weighted by molar-refractivity contribution is 7.13. The molecule has 2 nitrogen and oxygen atoms in total. The van der Waals surface area contributed by atoms with Gasteiger partial charge in [0.15, 0.2) is 0 Å². The van der Waals surface area contributed by atoms with Crippen molar-refractivity contribution in [3.8, 4) is 10.6 Å². The van der Waals surface area contributed by atoms with E-state index in [2.05, 4.69) is 53.1 Å². The molecule has 2 aromatic heterocycles. The third-order valence-corrected chi connectivity index (χ3v) is 4.45. The Morgan fingerprint density at radius 2 is 2.12 bits per heavy atom. The number of likely N-dealkylation sites (N-methyl/N-ethyl adjacent to an activating group) is 1. The highest BCUT2D eigenvalue weighted by Gasteiger charge is 2.23. The Morgan fingerprint density at radius 3 is 2.88 bits per heavy atom. The van der Waals surface area contributed by atoms with Crippen LogP contribution in [0.5, 0.6) is 0 Å². The molecule has 1 unspecified atom stereocenters. The van der Waals surface area contributed by atoms with Crippen molar-refractivity contribution in [1.82, 2.24) is 9.47 Å². The Kier molecular flexibility index (Phi) is 2.37. The van der Waals surface area contributed by atoms with E-state index in [-0.39, 0.29) is 0 Å².